The molecule has 2 rings (SSSR count). The van der Waals surface area contributed by atoms with Crippen LogP contribution in [0.1, 0.15) is 0 Å². The lowest BCUT2D eigenvalue weighted by Crippen LogP contribution is -2.13. The predicted octanol–water partition coefficient (Wildman–Crippen LogP) is 1.47. The molecule has 0 atom stereocenters. The minimum Gasteiger partial charge on any atom is -0.497 e. The average Bonchev–Trinajstić information content (AvgIpc) is 2.40. The number of methoxy groups -OCH3 is 1. The molecule has 0 radical (unpaired) electrons. The molecule has 0 aliphatic rings. The van der Waals surface area contributed by atoms with Gasteiger partial charge in [0.05, 0.1) is 7.11 Å². The van der Waals surface area contributed by atoms with Crippen LogP contribution in [0.15, 0.2) is 47.5 Å². The number of hydrogen-bond acceptors (Lipinski definition) is 5. The lowest BCUT2D eigenvalue weighted by atomic mass is 10.3. The van der Waals surface area contributed by atoms with Crippen molar-refractivity contribution in [2.24, 2.45) is 0 Å². The van der Waals surface area contributed by atoms with Crippen molar-refractivity contribution >= 4 is 21.5 Å². The third-order valence-corrected chi connectivity index (χ3v) is 3.78. The van der Waals surface area contributed by atoms with Gasteiger partial charge in [0.2, 0.25) is 0 Å². The number of aromatic nitrogens is 1. The Kier molecular flexibility index (Phi) is 3.57. The molecule has 0 bridgehead atoms. The van der Waals surface area contributed by atoms with Gasteiger partial charge in [-0.1, -0.05) is 0 Å². The van der Waals surface area contributed by atoms with Crippen LogP contribution in [0.25, 0.3) is 0 Å². The Hall–Kier alpha value is -2.28. The zero-order valence-electron chi connectivity index (χ0n) is 10.2. The summed E-state index contributed by atoms with van der Waals surface area (Å²) in [5, 5.41) is 0. The number of pyridine rings is 1. The zero-order valence-corrected chi connectivity index (χ0v) is 11.0. The fourth-order valence-corrected chi connectivity index (χ4v) is 2.43. The molecule has 0 aliphatic heterocycles. The van der Waals surface area contributed by atoms with E-state index < -0.39 is 10.0 Å². The molecule has 0 amide bonds. The Morgan fingerprint density at radius 2 is 1.84 bits per heavy atom. The molecule has 1 aromatic heterocycles. The smallest absolute Gasteiger partial charge is 0.263 e. The van der Waals surface area contributed by atoms with Gasteiger partial charge in [0, 0.05) is 11.9 Å². The second-order valence-corrected chi connectivity index (χ2v) is 5.44. The van der Waals surface area contributed by atoms with Crippen molar-refractivity contribution in [3.8, 4) is 5.75 Å². The summed E-state index contributed by atoms with van der Waals surface area (Å²) in [4.78, 5) is 3.81. The largest absolute Gasteiger partial charge is 0.497 e. The van der Waals surface area contributed by atoms with Gasteiger partial charge in [0.25, 0.3) is 10.0 Å². The van der Waals surface area contributed by atoms with Crippen molar-refractivity contribution in [2.75, 3.05) is 17.6 Å². The Morgan fingerprint density at radius 1 is 1.16 bits per heavy atom. The van der Waals surface area contributed by atoms with E-state index in [9.17, 15) is 8.42 Å². The number of anilines is 2. The summed E-state index contributed by atoms with van der Waals surface area (Å²) >= 11 is 0. The Bertz CT molecular complexity index is 652. The second-order valence-electron chi connectivity index (χ2n) is 3.75. The summed E-state index contributed by atoms with van der Waals surface area (Å²) in [5.41, 5.74) is 5.86. The Morgan fingerprint density at radius 3 is 2.37 bits per heavy atom. The fraction of sp³-hybridized carbons (Fsp3) is 0.0833. The number of rotatable bonds is 4. The van der Waals surface area contributed by atoms with Gasteiger partial charge in [-0.3, -0.25) is 4.72 Å². The van der Waals surface area contributed by atoms with E-state index in [4.69, 9.17) is 10.5 Å². The highest BCUT2D eigenvalue weighted by molar-refractivity contribution is 7.92. The first-order valence-electron chi connectivity index (χ1n) is 5.40. The minimum atomic E-state index is -3.66. The van der Waals surface area contributed by atoms with E-state index in [-0.39, 0.29) is 10.7 Å². The molecule has 1 heterocycles. The highest BCUT2D eigenvalue weighted by atomic mass is 32.2. The maximum atomic E-state index is 12.0. The van der Waals surface area contributed by atoms with Crippen molar-refractivity contribution in [3.05, 3.63) is 42.6 Å². The zero-order chi connectivity index (χ0) is 13.9. The third kappa shape index (κ3) is 3.14. The summed E-state index contributed by atoms with van der Waals surface area (Å²) in [5.74, 6) is 0.917. The normalized spacial score (nSPS) is 11.0. The maximum Gasteiger partial charge on any atom is 0.263 e. The average molecular weight is 279 g/mol. The monoisotopic (exact) mass is 279 g/mol. The van der Waals surface area contributed by atoms with Crippen LogP contribution in [0, 0.1) is 0 Å². The van der Waals surface area contributed by atoms with Gasteiger partial charge in [0.1, 0.15) is 16.5 Å². The van der Waals surface area contributed by atoms with Crippen LogP contribution in [-0.2, 0) is 10.0 Å². The first-order chi connectivity index (χ1) is 9.01. The lowest BCUT2D eigenvalue weighted by Gasteiger charge is -2.08. The quantitative estimate of drug-likeness (QED) is 0.883. The number of hydrogen-bond donors (Lipinski definition) is 2. The fourth-order valence-electron chi connectivity index (χ4n) is 1.42. The van der Waals surface area contributed by atoms with Gasteiger partial charge in [0.15, 0.2) is 0 Å². The predicted molar refractivity (Wildman–Crippen MR) is 72.5 cm³/mol. The van der Waals surface area contributed by atoms with E-state index in [1.165, 1.54) is 18.3 Å². The summed E-state index contributed by atoms with van der Waals surface area (Å²) in [6.45, 7) is 0. The SMILES string of the molecule is COc1ccc(NS(=O)(=O)c2ccc(N)nc2)cc1. The lowest BCUT2D eigenvalue weighted by molar-refractivity contribution is 0.415. The van der Waals surface area contributed by atoms with Crippen molar-refractivity contribution in [2.45, 2.75) is 4.90 Å². The maximum absolute atomic E-state index is 12.0. The van der Waals surface area contributed by atoms with Gasteiger partial charge >= 0.3 is 0 Å². The van der Waals surface area contributed by atoms with E-state index in [0.717, 1.165) is 0 Å². The minimum absolute atomic E-state index is 0.0533. The van der Waals surface area contributed by atoms with E-state index in [1.807, 2.05) is 0 Å². The number of nitrogens with one attached hydrogen (secondary N) is 1. The summed E-state index contributed by atoms with van der Waals surface area (Å²) in [6.07, 6.45) is 1.21. The summed E-state index contributed by atoms with van der Waals surface area (Å²) < 4.78 is 31.5. The van der Waals surface area contributed by atoms with E-state index >= 15 is 0 Å². The van der Waals surface area contributed by atoms with Gasteiger partial charge in [-0.05, 0) is 36.4 Å². The molecule has 7 heteroatoms. The van der Waals surface area contributed by atoms with Gasteiger partial charge in [-0.2, -0.15) is 0 Å². The van der Waals surface area contributed by atoms with Crippen molar-refractivity contribution in [1.82, 2.24) is 4.98 Å². The van der Waals surface area contributed by atoms with Crippen LogP contribution >= 0.6 is 0 Å². The molecule has 100 valence electrons. The van der Waals surface area contributed by atoms with Crippen LogP contribution < -0.4 is 15.2 Å². The first-order valence-corrected chi connectivity index (χ1v) is 6.88. The molecule has 0 fully saturated rings. The topological polar surface area (TPSA) is 94.3 Å². The molecular formula is C12H13N3O3S. The van der Waals surface area contributed by atoms with Crippen molar-refractivity contribution in [3.63, 3.8) is 0 Å². The number of sulfonamides is 1. The van der Waals surface area contributed by atoms with E-state index in [0.29, 0.717) is 11.4 Å². The Balaban J connectivity index is 2.23. The summed E-state index contributed by atoms with van der Waals surface area (Å²) in [7, 11) is -2.12. The number of ether oxygens (including phenoxy) is 1. The van der Waals surface area contributed by atoms with Crippen LogP contribution in [0.4, 0.5) is 11.5 Å². The number of nitrogens with two attached hydrogens (primary N) is 1. The van der Waals surface area contributed by atoms with Crippen LogP contribution in [0.2, 0.25) is 0 Å². The number of nitrogen functional groups attached to an aromatic ring is 1. The highest BCUT2D eigenvalue weighted by Crippen LogP contribution is 2.19. The molecule has 1 aromatic carbocycles. The van der Waals surface area contributed by atoms with Gasteiger partial charge in [-0.15, -0.1) is 0 Å². The second kappa shape index (κ2) is 5.15. The van der Waals surface area contributed by atoms with Crippen molar-refractivity contribution < 1.29 is 13.2 Å². The van der Waals surface area contributed by atoms with Gasteiger partial charge < -0.3 is 10.5 Å². The molecule has 0 spiro atoms. The first kappa shape index (κ1) is 13.2. The van der Waals surface area contributed by atoms with Gasteiger partial charge in [-0.25, -0.2) is 13.4 Å². The molecule has 0 aliphatic carbocycles. The molecule has 3 N–H and O–H groups in total. The summed E-state index contributed by atoms with van der Waals surface area (Å²) in [6, 6.07) is 9.39. The number of benzene rings is 1. The van der Waals surface area contributed by atoms with Crippen LogP contribution in [0.5, 0.6) is 5.75 Å². The molecule has 0 saturated carbocycles. The molecular weight excluding hydrogens is 266 g/mol. The van der Waals surface area contributed by atoms with Crippen molar-refractivity contribution in [1.29, 1.82) is 0 Å². The standard InChI is InChI=1S/C12H13N3O3S/c1-18-10-4-2-9(3-5-10)15-19(16,17)11-6-7-12(13)14-8-11/h2-8,15H,1H3,(H2,13,14). The van der Waals surface area contributed by atoms with E-state index in [1.54, 1.807) is 31.4 Å². The third-order valence-electron chi connectivity index (χ3n) is 2.41. The van der Waals surface area contributed by atoms with Crippen LogP contribution in [-0.4, -0.2) is 20.5 Å². The molecule has 6 nitrogen and oxygen atoms in total. The van der Waals surface area contributed by atoms with E-state index in [2.05, 4.69) is 9.71 Å². The molecule has 0 unspecified atom stereocenters. The molecule has 19 heavy (non-hydrogen) atoms. The Labute approximate surface area is 111 Å². The molecule has 2 aromatic rings. The number of nitrogens with zero attached hydrogens (tertiary/aromatic N) is 1. The van der Waals surface area contributed by atoms with Crippen LogP contribution in [0.3, 0.4) is 0 Å². The molecule has 0 saturated heterocycles. The highest BCUT2D eigenvalue weighted by Gasteiger charge is 2.14.